The van der Waals surface area contributed by atoms with E-state index in [0.717, 1.165) is 6.42 Å². The molecule has 1 aromatic carbocycles. The Morgan fingerprint density at radius 3 is 2.62 bits per heavy atom. The van der Waals surface area contributed by atoms with Crippen LogP contribution in [-0.2, 0) is 16.3 Å². The van der Waals surface area contributed by atoms with E-state index < -0.39 is 15.7 Å². The minimum Gasteiger partial charge on any atom is -0.345 e. The topological polar surface area (TPSA) is 102 Å². The van der Waals surface area contributed by atoms with Gasteiger partial charge in [-0.3, -0.25) is 4.79 Å². The average Bonchev–Trinajstić information content (AvgIpc) is 3.02. The zero-order valence-electron chi connectivity index (χ0n) is 13.3. The number of carbonyl (C=O) groups is 1. The molecule has 0 radical (unpaired) electrons. The van der Waals surface area contributed by atoms with Gasteiger partial charge in [-0.1, -0.05) is 23.7 Å². The molecule has 0 bridgehead atoms. The van der Waals surface area contributed by atoms with E-state index in [1.54, 1.807) is 0 Å². The highest BCUT2D eigenvalue weighted by Crippen LogP contribution is 2.16. The first-order chi connectivity index (χ1) is 11.3. The van der Waals surface area contributed by atoms with Crippen LogP contribution in [-0.4, -0.2) is 36.3 Å². The number of benzene rings is 1. The molecule has 0 aliphatic heterocycles. The molecule has 1 amide bonds. The molecule has 2 rings (SSSR count). The maximum absolute atomic E-state index is 12.2. The Balaban J connectivity index is 2.00. The fraction of sp³-hybridized carbons (Fsp3) is 0.400. The van der Waals surface area contributed by atoms with Crippen molar-refractivity contribution in [3.63, 3.8) is 0 Å². The van der Waals surface area contributed by atoms with Crippen molar-refractivity contribution in [2.75, 3.05) is 5.75 Å². The molecule has 0 saturated carbocycles. The summed E-state index contributed by atoms with van der Waals surface area (Å²) in [5, 5.41) is 6.81. The summed E-state index contributed by atoms with van der Waals surface area (Å²) < 4.78 is 29.3. The molecular weight excluding hydrogens is 354 g/mol. The Bertz CT molecular complexity index is 802. The van der Waals surface area contributed by atoms with Gasteiger partial charge in [0.1, 0.15) is 0 Å². The number of aromatic nitrogens is 2. The average molecular weight is 372 g/mol. The van der Waals surface area contributed by atoms with Gasteiger partial charge in [0, 0.05) is 17.5 Å². The Morgan fingerprint density at radius 1 is 1.33 bits per heavy atom. The van der Waals surface area contributed by atoms with Crippen LogP contribution in [0.15, 0.2) is 33.7 Å². The van der Waals surface area contributed by atoms with Crippen LogP contribution in [0.4, 0.5) is 0 Å². The molecular formula is C15H18ClN3O4S. The predicted molar refractivity (Wildman–Crippen MR) is 88.7 cm³/mol. The summed E-state index contributed by atoms with van der Waals surface area (Å²) in [7, 11) is -3.49. The minimum absolute atomic E-state index is 0.0156. The number of amides is 1. The minimum atomic E-state index is -3.49. The molecule has 2 aromatic rings. The molecule has 1 N–H and O–H groups in total. The lowest BCUT2D eigenvalue weighted by molar-refractivity contribution is 0.0895. The van der Waals surface area contributed by atoms with Crippen LogP contribution < -0.4 is 5.32 Å². The Morgan fingerprint density at radius 2 is 2.00 bits per heavy atom. The van der Waals surface area contributed by atoms with E-state index in [4.69, 9.17) is 16.1 Å². The fourth-order valence-electron chi connectivity index (χ4n) is 1.82. The number of halogens is 1. The summed E-state index contributed by atoms with van der Waals surface area (Å²) in [5.74, 6) is -0.666. The van der Waals surface area contributed by atoms with Crippen LogP contribution in [0.5, 0.6) is 0 Å². The van der Waals surface area contributed by atoms with Gasteiger partial charge < -0.3 is 9.84 Å². The lowest BCUT2D eigenvalue weighted by atomic mass is 10.2. The van der Waals surface area contributed by atoms with Crippen molar-refractivity contribution < 1.29 is 17.7 Å². The van der Waals surface area contributed by atoms with Gasteiger partial charge in [-0.15, -0.1) is 0 Å². The Hall–Kier alpha value is -1.93. The maximum atomic E-state index is 12.2. The van der Waals surface area contributed by atoms with E-state index in [1.807, 2.05) is 13.8 Å². The van der Waals surface area contributed by atoms with Gasteiger partial charge in [0.05, 0.1) is 10.6 Å². The van der Waals surface area contributed by atoms with Crippen LogP contribution >= 0.6 is 11.6 Å². The number of nitrogens with one attached hydrogen (secondary N) is 1. The zero-order chi connectivity index (χ0) is 17.7. The molecule has 0 unspecified atom stereocenters. The quantitative estimate of drug-likeness (QED) is 0.800. The summed E-state index contributed by atoms with van der Waals surface area (Å²) in [6.07, 6.45) is 0.817. The predicted octanol–water partition coefficient (Wildman–Crippen LogP) is 2.27. The molecule has 1 heterocycles. The molecule has 0 fully saturated rings. The maximum Gasteiger partial charge on any atom is 0.315 e. The molecule has 1 aromatic heterocycles. The number of nitrogens with zero attached hydrogens (tertiary/aromatic N) is 2. The molecule has 130 valence electrons. The van der Waals surface area contributed by atoms with Crippen molar-refractivity contribution in [3.8, 4) is 0 Å². The molecule has 0 spiro atoms. The summed E-state index contributed by atoms with van der Waals surface area (Å²) in [5.41, 5.74) is 0. The standard InChI is InChI=1S/C15H18ClN3O4S/c1-3-10(2)17-14(20)15-18-13(19-23-15)8-9-24(21,22)12-6-4-11(16)5-7-12/h4-7,10H,3,8-9H2,1-2H3,(H,17,20)/t10-/m1/s1. The third-order valence-electron chi connectivity index (χ3n) is 3.42. The van der Waals surface area contributed by atoms with Gasteiger partial charge in [-0.05, 0) is 37.6 Å². The third kappa shape index (κ3) is 4.78. The van der Waals surface area contributed by atoms with Crippen molar-refractivity contribution in [1.82, 2.24) is 15.5 Å². The molecule has 7 nitrogen and oxygen atoms in total. The Kier molecular flexibility index (Phi) is 5.95. The number of hydrogen-bond acceptors (Lipinski definition) is 6. The Labute approximate surface area is 145 Å². The van der Waals surface area contributed by atoms with Crippen molar-refractivity contribution in [3.05, 3.63) is 41.0 Å². The molecule has 9 heteroatoms. The van der Waals surface area contributed by atoms with Gasteiger partial charge in [0.2, 0.25) is 0 Å². The summed E-state index contributed by atoms with van der Waals surface area (Å²) in [6.45, 7) is 3.79. The normalized spacial score (nSPS) is 12.8. The summed E-state index contributed by atoms with van der Waals surface area (Å²) >= 11 is 5.75. The molecule has 24 heavy (non-hydrogen) atoms. The summed E-state index contributed by atoms with van der Waals surface area (Å²) in [6, 6.07) is 5.90. The summed E-state index contributed by atoms with van der Waals surface area (Å²) in [4.78, 5) is 15.9. The van der Waals surface area contributed by atoms with E-state index in [1.165, 1.54) is 24.3 Å². The highest BCUT2D eigenvalue weighted by molar-refractivity contribution is 7.91. The van der Waals surface area contributed by atoms with Gasteiger partial charge in [-0.2, -0.15) is 4.98 Å². The van der Waals surface area contributed by atoms with Crippen molar-refractivity contribution in [1.29, 1.82) is 0 Å². The van der Waals surface area contributed by atoms with Gasteiger partial charge in [0.25, 0.3) is 0 Å². The van der Waals surface area contributed by atoms with Gasteiger partial charge >= 0.3 is 11.8 Å². The smallest absolute Gasteiger partial charge is 0.315 e. The number of rotatable bonds is 7. The van der Waals surface area contributed by atoms with Crippen molar-refractivity contribution >= 4 is 27.3 Å². The second-order valence-electron chi connectivity index (χ2n) is 5.32. The highest BCUT2D eigenvalue weighted by Gasteiger charge is 2.19. The molecule has 0 aliphatic carbocycles. The monoisotopic (exact) mass is 371 g/mol. The van der Waals surface area contributed by atoms with Crippen molar-refractivity contribution in [2.45, 2.75) is 37.6 Å². The largest absolute Gasteiger partial charge is 0.345 e. The van der Waals surface area contributed by atoms with E-state index in [0.29, 0.717) is 5.02 Å². The fourth-order valence-corrected chi connectivity index (χ4v) is 3.18. The number of hydrogen-bond donors (Lipinski definition) is 1. The number of aryl methyl sites for hydroxylation is 1. The number of sulfone groups is 1. The van der Waals surface area contributed by atoms with Crippen LogP contribution in [0.3, 0.4) is 0 Å². The number of carbonyl (C=O) groups excluding carboxylic acids is 1. The van der Waals surface area contributed by atoms with Crippen LogP contribution in [0, 0.1) is 0 Å². The van der Waals surface area contributed by atoms with Gasteiger partial charge in [-0.25, -0.2) is 8.42 Å². The van der Waals surface area contributed by atoms with E-state index in [-0.39, 0.29) is 34.8 Å². The molecule has 1 atom stereocenters. The van der Waals surface area contributed by atoms with Gasteiger partial charge in [0.15, 0.2) is 15.7 Å². The first kappa shape index (κ1) is 18.4. The second kappa shape index (κ2) is 7.76. The van der Waals surface area contributed by atoms with E-state index in [2.05, 4.69) is 15.5 Å². The SMILES string of the molecule is CC[C@@H](C)NC(=O)c1nc(CCS(=O)(=O)c2ccc(Cl)cc2)no1. The van der Waals surface area contributed by atoms with Crippen LogP contribution in [0.1, 0.15) is 36.8 Å². The van der Waals surface area contributed by atoms with E-state index in [9.17, 15) is 13.2 Å². The lowest BCUT2D eigenvalue weighted by Crippen LogP contribution is -2.32. The molecule has 0 saturated heterocycles. The second-order valence-corrected chi connectivity index (χ2v) is 7.87. The molecule has 0 aliphatic rings. The zero-order valence-corrected chi connectivity index (χ0v) is 14.9. The van der Waals surface area contributed by atoms with Crippen molar-refractivity contribution in [2.24, 2.45) is 0 Å². The first-order valence-electron chi connectivity index (χ1n) is 7.43. The lowest BCUT2D eigenvalue weighted by Gasteiger charge is -2.07. The van der Waals surface area contributed by atoms with E-state index >= 15 is 0 Å². The first-order valence-corrected chi connectivity index (χ1v) is 9.46. The van der Waals surface area contributed by atoms with Crippen LogP contribution in [0.25, 0.3) is 0 Å². The third-order valence-corrected chi connectivity index (χ3v) is 5.40. The van der Waals surface area contributed by atoms with Crippen LogP contribution in [0.2, 0.25) is 5.02 Å². The highest BCUT2D eigenvalue weighted by atomic mass is 35.5.